The number of ether oxygens (including phenoxy) is 4. The van der Waals surface area contributed by atoms with Crippen LogP contribution in [0.5, 0.6) is 17.2 Å². The van der Waals surface area contributed by atoms with Crippen LogP contribution < -0.4 is 19.3 Å². The number of hydrogen-bond donors (Lipinski definition) is 2. The van der Waals surface area contributed by atoms with Gasteiger partial charge in [0.2, 0.25) is 6.35 Å². The maximum absolute atomic E-state index is 13.7. The summed E-state index contributed by atoms with van der Waals surface area (Å²) in [5.74, 6) is 7.35. The lowest BCUT2D eigenvalue weighted by Gasteiger charge is -2.39. The van der Waals surface area contributed by atoms with Crippen LogP contribution in [0.2, 0.25) is 0 Å². The molecular weight excluding hydrogens is 931 g/mol. The van der Waals surface area contributed by atoms with Crippen molar-refractivity contribution in [3.8, 4) is 35.2 Å². The molecule has 2 N–H and O–H groups in total. The van der Waals surface area contributed by atoms with E-state index < -0.39 is 58.0 Å². The second-order valence-corrected chi connectivity index (χ2v) is 21.6. The van der Waals surface area contributed by atoms with Crippen molar-refractivity contribution >= 4 is 22.0 Å². The van der Waals surface area contributed by atoms with Crippen LogP contribution in [0, 0.1) is 23.2 Å². The monoisotopic (exact) mass is 994 g/mol. The molecule has 0 aliphatic carbocycles. The summed E-state index contributed by atoms with van der Waals surface area (Å²) in [4.78, 5) is 14.8. The van der Waals surface area contributed by atoms with E-state index in [2.05, 4.69) is 55.6 Å². The van der Waals surface area contributed by atoms with E-state index in [1.54, 1.807) is 20.3 Å². The Bertz CT molecular complexity index is 2520. The summed E-state index contributed by atoms with van der Waals surface area (Å²) in [6.45, 7) is 12.1. The Morgan fingerprint density at radius 1 is 0.914 bits per heavy atom. The lowest BCUT2D eigenvalue weighted by atomic mass is 9.80. The van der Waals surface area contributed by atoms with Gasteiger partial charge in [-0.15, -0.1) is 0 Å². The van der Waals surface area contributed by atoms with Gasteiger partial charge in [0.1, 0.15) is 46.4 Å². The summed E-state index contributed by atoms with van der Waals surface area (Å²) in [6.07, 6.45) is -1.01. The number of carbonyl (C=O) groups is 1. The number of amides is 1. The van der Waals surface area contributed by atoms with Crippen LogP contribution in [-0.4, -0.2) is 91.1 Å². The second kappa shape index (κ2) is 23.3. The molecule has 1 fully saturated rings. The molecule has 0 aromatic heterocycles. The zero-order valence-electron chi connectivity index (χ0n) is 41.1. The van der Waals surface area contributed by atoms with Gasteiger partial charge >= 0.3 is 7.60 Å². The van der Waals surface area contributed by atoms with Crippen LogP contribution >= 0.6 is 16.1 Å². The number of aliphatic hydroxyl groups excluding tert-OH is 1. The highest BCUT2D eigenvalue weighted by atomic mass is 31.2. The number of hydrogen-bond acceptors (Lipinski definition) is 14. The molecule has 6 unspecified atom stereocenters. The number of benzene rings is 4. The number of unbranched alkanes of at least 4 members (excludes halogenated alkanes) is 1. The quantitative estimate of drug-likeness (QED) is 0.0371. The van der Waals surface area contributed by atoms with Gasteiger partial charge in [-0.05, 0) is 95.0 Å². The molecule has 1 saturated heterocycles. The second-order valence-electron chi connectivity index (χ2n) is 18.1. The third kappa shape index (κ3) is 12.1. The zero-order valence-corrected chi connectivity index (χ0v) is 42.9. The van der Waals surface area contributed by atoms with E-state index in [0.717, 1.165) is 22.3 Å². The fraction of sp³-hybridized carbons (Fsp3) is 0.434. The van der Waals surface area contributed by atoms with Crippen molar-refractivity contribution in [1.82, 2.24) is 14.9 Å². The van der Waals surface area contributed by atoms with Crippen molar-refractivity contribution in [2.45, 2.75) is 115 Å². The summed E-state index contributed by atoms with van der Waals surface area (Å²) in [5.41, 5.74) is 1.45. The minimum atomic E-state index is -3.49. The molecule has 0 radical (unpaired) electrons. The van der Waals surface area contributed by atoms with Crippen LogP contribution in [0.3, 0.4) is 0 Å². The SMILES string of the molecule is COc1ccc(C(OCC2OC(N3C=C(C#CCCCP4(=O)Oc5ccccc5C(C)(C)O4)C(=O)NC3O)CC2OP(OCCC#N)N(C(C)C)C(C)C)(c2ccccc2)c2ccc(OC)cc2)cc1. The van der Waals surface area contributed by atoms with Gasteiger partial charge in [-0.3, -0.25) is 9.32 Å². The number of rotatable bonds is 20. The van der Waals surface area contributed by atoms with Gasteiger partial charge in [-0.2, -0.15) is 5.26 Å². The van der Waals surface area contributed by atoms with Gasteiger partial charge in [0.25, 0.3) is 14.4 Å². The van der Waals surface area contributed by atoms with Gasteiger partial charge in [-0.25, -0.2) is 9.24 Å². The number of nitrogens with one attached hydrogen (secondary N) is 1. The number of methoxy groups -OCH3 is 2. The summed E-state index contributed by atoms with van der Waals surface area (Å²) in [5, 5.41) is 23.5. The average molecular weight is 995 g/mol. The molecular formula is C53H64N4O11P2. The molecule has 3 aliphatic rings. The van der Waals surface area contributed by atoms with Crippen molar-refractivity contribution in [2.75, 3.05) is 33.6 Å². The topological polar surface area (TPSA) is 171 Å². The Labute approximate surface area is 413 Å². The minimum absolute atomic E-state index is 0.00836. The molecule has 7 rings (SSSR count). The standard InChI is InChI=1S/C53H64N4O11P2/c1-37(2)57(38(3)4)69(64-32-17-31-54)66-47-34-49(56-35-39(50(58)55-51(56)59)18-11-10-16-33-70(60)67-46-22-15-14-21-45(46)52(5,6)68-70)65-48(47)36-63-53(40-19-12-9-13-20-40,41-23-27-43(61-7)28-24-41)42-25-29-44(62-8)30-26-42/h9,12-15,19-30,35,37-38,47-49,51,59H,10,16-17,32-34,36H2,1-8H3,(H,55,58). The zero-order chi connectivity index (χ0) is 50.1. The smallest absolute Gasteiger partial charge is 0.380 e. The largest absolute Gasteiger partial charge is 0.497 e. The van der Waals surface area contributed by atoms with Gasteiger partial charge in [0.05, 0.1) is 52.2 Å². The predicted molar refractivity (Wildman–Crippen MR) is 266 cm³/mol. The summed E-state index contributed by atoms with van der Waals surface area (Å²) >= 11 is 0. The third-order valence-corrected chi connectivity index (χ3v) is 16.4. The minimum Gasteiger partial charge on any atom is -0.497 e. The van der Waals surface area contributed by atoms with E-state index in [1.165, 1.54) is 11.1 Å². The summed E-state index contributed by atoms with van der Waals surface area (Å²) in [6, 6.07) is 35.0. The number of nitriles is 1. The highest BCUT2D eigenvalue weighted by molar-refractivity contribution is 7.54. The average Bonchev–Trinajstić information content (AvgIpc) is 3.74. The lowest BCUT2D eigenvalue weighted by molar-refractivity contribution is -0.148. The van der Waals surface area contributed by atoms with Gasteiger partial charge in [0.15, 0.2) is 0 Å². The molecule has 15 nitrogen and oxygen atoms in total. The predicted octanol–water partition coefficient (Wildman–Crippen LogP) is 9.70. The fourth-order valence-corrected chi connectivity index (χ4v) is 12.7. The first-order valence-corrected chi connectivity index (χ1v) is 26.4. The van der Waals surface area contributed by atoms with Crippen molar-refractivity contribution in [1.29, 1.82) is 5.26 Å². The molecule has 4 aromatic carbocycles. The summed E-state index contributed by atoms with van der Waals surface area (Å²) in [7, 11) is -1.99. The van der Waals surface area contributed by atoms with Crippen LogP contribution in [0.4, 0.5) is 0 Å². The Morgan fingerprint density at radius 2 is 1.53 bits per heavy atom. The normalized spacial score (nSPS) is 22.3. The van der Waals surface area contributed by atoms with E-state index in [-0.39, 0.29) is 49.9 Å². The highest BCUT2D eigenvalue weighted by Crippen LogP contribution is 2.60. The molecule has 0 saturated carbocycles. The van der Waals surface area contributed by atoms with E-state index >= 15 is 0 Å². The van der Waals surface area contributed by atoms with E-state index in [4.69, 9.17) is 37.0 Å². The Kier molecular flexibility index (Phi) is 17.5. The van der Waals surface area contributed by atoms with Crippen LogP contribution in [-0.2, 0) is 43.6 Å². The van der Waals surface area contributed by atoms with Gasteiger partial charge in [0, 0.05) is 36.7 Å². The molecule has 1 amide bonds. The number of para-hydroxylation sites is 1. The van der Waals surface area contributed by atoms with Crippen molar-refractivity contribution < 1.29 is 51.5 Å². The Morgan fingerprint density at radius 3 is 2.14 bits per heavy atom. The van der Waals surface area contributed by atoms with E-state index in [0.29, 0.717) is 30.1 Å². The van der Waals surface area contributed by atoms with E-state index in [9.17, 15) is 19.7 Å². The molecule has 0 bridgehead atoms. The number of aliphatic hydroxyl groups is 1. The first kappa shape index (κ1) is 52.5. The summed E-state index contributed by atoms with van der Waals surface area (Å²) < 4.78 is 66.5. The number of carbonyl (C=O) groups excluding carboxylic acids is 1. The first-order chi connectivity index (χ1) is 33.6. The number of fused-ring (bicyclic) bond motifs is 1. The molecule has 3 heterocycles. The molecule has 3 aliphatic heterocycles. The van der Waals surface area contributed by atoms with Crippen LogP contribution in [0.15, 0.2) is 115 Å². The number of nitrogens with zero attached hydrogens (tertiary/aromatic N) is 3. The Balaban J connectivity index is 1.19. The first-order valence-electron chi connectivity index (χ1n) is 23.6. The maximum Gasteiger partial charge on any atom is 0.380 e. The van der Waals surface area contributed by atoms with Crippen molar-refractivity contribution in [3.63, 3.8) is 0 Å². The van der Waals surface area contributed by atoms with Crippen molar-refractivity contribution in [3.05, 3.63) is 137 Å². The van der Waals surface area contributed by atoms with Gasteiger partial charge in [-0.1, -0.05) is 84.6 Å². The highest BCUT2D eigenvalue weighted by Gasteiger charge is 2.47. The molecule has 70 heavy (non-hydrogen) atoms. The fourth-order valence-electron chi connectivity index (χ4n) is 8.93. The third-order valence-electron chi connectivity index (χ3n) is 12.2. The van der Waals surface area contributed by atoms with Gasteiger partial charge < -0.3 is 47.8 Å². The van der Waals surface area contributed by atoms with Crippen LogP contribution in [0.1, 0.15) is 89.5 Å². The molecule has 372 valence electrons. The van der Waals surface area contributed by atoms with Crippen LogP contribution in [0.25, 0.3) is 0 Å². The molecule has 0 spiro atoms. The van der Waals surface area contributed by atoms with E-state index in [1.807, 2.05) is 111 Å². The maximum atomic E-state index is 13.7. The van der Waals surface area contributed by atoms with Crippen molar-refractivity contribution in [2.24, 2.45) is 0 Å². The molecule has 17 heteroatoms. The Hall–Kier alpha value is -5.28. The molecule has 4 aromatic rings. The molecule has 6 atom stereocenters. The lowest BCUT2D eigenvalue weighted by Crippen LogP contribution is -2.53.